The van der Waals surface area contributed by atoms with Crippen LogP contribution in [0.15, 0.2) is 12.1 Å². The molecule has 1 aliphatic carbocycles. The minimum absolute atomic E-state index is 0.0572. The smallest absolute Gasteiger partial charge is 0.254 e. The molecule has 1 aromatic rings. The molecule has 3 nitrogen and oxygen atoms in total. The van der Waals surface area contributed by atoms with Gasteiger partial charge in [0.05, 0.1) is 5.56 Å². The van der Waals surface area contributed by atoms with Crippen LogP contribution in [0.3, 0.4) is 0 Å². The number of nitrogens with one attached hydrogen (secondary N) is 1. The standard InChI is InChI=1S/C15H21FN2O/c1-10-8-11(17)9-13(14(10)16)15(19)18-12-6-4-2-3-5-7-12/h8-9,12H,2-7,17H2,1H3,(H,18,19). The molecular weight excluding hydrogens is 243 g/mol. The summed E-state index contributed by atoms with van der Waals surface area (Å²) in [5.74, 6) is -0.819. The molecule has 1 fully saturated rings. The molecule has 0 spiro atoms. The second-order valence-corrected chi connectivity index (χ2v) is 5.36. The normalized spacial score (nSPS) is 16.9. The van der Waals surface area contributed by atoms with E-state index in [9.17, 15) is 9.18 Å². The van der Waals surface area contributed by atoms with Gasteiger partial charge in [-0.2, -0.15) is 0 Å². The van der Waals surface area contributed by atoms with Crippen LogP contribution in [-0.4, -0.2) is 11.9 Å². The Morgan fingerprint density at radius 1 is 1.26 bits per heavy atom. The monoisotopic (exact) mass is 264 g/mol. The van der Waals surface area contributed by atoms with Crippen molar-refractivity contribution in [1.29, 1.82) is 0 Å². The molecule has 0 heterocycles. The van der Waals surface area contributed by atoms with Crippen molar-refractivity contribution in [2.75, 3.05) is 5.73 Å². The highest BCUT2D eigenvalue weighted by Crippen LogP contribution is 2.20. The van der Waals surface area contributed by atoms with Crippen molar-refractivity contribution in [1.82, 2.24) is 5.32 Å². The molecule has 4 heteroatoms. The predicted molar refractivity (Wildman–Crippen MR) is 74.5 cm³/mol. The van der Waals surface area contributed by atoms with Gasteiger partial charge in [-0.25, -0.2) is 4.39 Å². The fourth-order valence-corrected chi connectivity index (χ4v) is 2.65. The Labute approximate surface area is 113 Å². The number of carbonyl (C=O) groups is 1. The first-order valence-corrected chi connectivity index (χ1v) is 6.94. The Kier molecular flexibility index (Phi) is 4.40. The Morgan fingerprint density at radius 3 is 2.53 bits per heavy atom. The summed E-state index contributed by atoms with van der Waals surface area (Å²) in [6.45, 7) is 1.62. The van der Waals surface area contributed by atoms with Gasteiger partial charge in [0.25, 0.3) is 5.91 Å². The number of hydrogen-bond acceptors (Lipinski definition) is 2. The van der Waals surface area contributed by atoms with E-state index in [1.165, 1.54) is 25.0 Å². The fraction of sp³-hybridized carbons (Fsp3) is 0.533. The van der Waals surface area contributed by atoms with Gasteiger partial charge in [0.1, 0.15) is 5.82 Å². The van der Waals surface area contributed by atoms with Gasteiger partial charge in [-0.15, -0.1) is 0 Å². The lowest BCUT2D eigenvalue weighted by atomic mass is 10.1. The fourth-order valence-electron chi connectivity index (χ4n) is 2.65. The number of rotatable bonds is 2. The van der Waals surface area contributed by atoms with Crippen LogP contribution in [0.4, 0.5) is 10.1 Å². The van der Waals surface area contributed by atoms with Gasteiger partial charge in [0.2, 0.25) is 0 Å². The number of halogens is 1. The summed E-state index contributed by atoms with van der Waals surface area (Å²) in [6.07, 6.45) is 6.66. The average molecular weight is 264 g/mol. The molecule has 0 unspecified atom stereocenters. The van der Waals surface area contributed by atoms with E-state index < -0.39 is 5.82 Å². The number of nitrogens with two attached hydrogens (primary N) is 1. The van der Waals surface area contributed by atoms with E-state index >= 15 is 0 Å². The minimum Gasteiger partial charge on any atom is -0.399 e. The van der Waals surface area contributed by atoms with Gasteiger partial charge in [-0.3, -0.25) is 4.79 Å². The molecule has 3 N–H and O–H groups in total. The quantitative estimate of drug-likeness (QED) is 0.636. The SMILES string of the molecule is Cc1cc(N)cc(C(=O)NC2CCCCCC2)c1F. The first-order chi connectivity index (χ1) is 9.08. The molecule has 0 saturated heterocycles. The summed E-state index contributed by atoms with van der Waals surface area (Å²) in [5, 5.41) is 2.94. The number of aryl methyl sites for hydroxylation is 1. The number of anilines is 1. The van der Waals surface area contributed by atoms with Crippen LogP contribution in [0.25, 0.3) is 0 Å². The van der Waals surface area contributed by atoms with Gasteiger partial charge in [0.15, 0.2) is 0 Å². The van der Waals surface area contributed by atoms with Crippen molar-refractivity contribution in [2.45, 2.75) is 51.5 Å². The third-order valence-electron chi connectivity index (χ3n) is 3.71. The van der Waals surface area contributed by atoms with Crippen molar-refractivity contribution < 1.29 is 9.18 Å². The Hall–Kier alpha value is -1.58. The highest BCUT2D eigenvalue weighted by atomic mass is 19.1. The van der Waals surface area contributed by atoms with E-state index in [0.717, 1.165) is 25.7 Å². The largest absolute Gasteiger partial charge is 0.399 e. The second kappa shape index (κ2) is 6.04. The minimum atomic E-state index is -0.472. The molecule has 2 rings (SSSR count). The lowest BCUT2D eigenvalue weighted by Crippen LogP contribution is -2.35. The van der Waals surface area contributed by atoms with Crippen LogP contribution in [0.5, 0.6) is 0 Å². The van der Waals surface area contributed by atoms with Crippen molar-refractivity contribution >= 4 is 11.6 Å². The maximum atomic E-state index is 14.0. The van der Waals surface area contributed by atoms with Gasteiger partial charge < -0.3 is 11.1 Å². The summed E-state index contributed by atoms with van der Waals surface area (Å²) >= 11 is 0. The molecule has 104 valence electrons. The third kappa shape index (κ3) is 3.46. The first-order valence-electron chi connectivity index (χ1n) is 6.94. The average Bonchev–Trinajstić information content (AvgIpc) is 2.62. The van der Waals surface area contributed by atoms with E-state index in [-0.39, 0.29) is 17.5 Å². The Morgan fingerprint density at radius 2 is 1.89 bits per heavy atom. The molecule has 0 bridgehead atoms. The lowest BCUT2D eigenvalue weighted by molar-refractivity contribution is 0.0929. The van der Waals surface area contributed by atoms with E-state index in [1.54, 1.807) is 6.92 Å². The van der Waals surface area contributed by atoms with Gasteiger partial charge in [-0.1, -0.05) is 25.7 Å². The molecule has 0 aromatic heterocycles. The van der Waals surface area contributed by atoms with Crippen molar-refractivity contribution in [2.24, 2.45) is 0 Å². The molecule has 1 amide bonds. The molecule has 1 aromatic carbocycles. The molecule has 1 saturated carbocycles. The van der Waals surface area contributed by atoms with Crippen LogP contribution in [-0.2, 0) is 0 Å². The van der Waals surface area contributed by atoms with Gasteiger partial charge >= 0.3 is 0 Å². The van der Waals surface area contributed by atoms with Crippen molar-refractivity contribution in [3.05, 3.63) is 29.1 Å². The van der Waals surface area contributed by atoms with E-state index in [2.05, 4.69) is 5.32 Å². The van der Waals surface area contributed by atoms with Crippen molar-refractivity contribution in [3.8, 4) is 0 Å². The summed E-state index contributed by atoms with van der Waals surface area (Å²) in [5.41, 5.74) is 6.56. The molecule has 0 atom stereocenters. The molecule has 19 heavy (non-hydrogen) atoms. The van der Waals surface area contributed by atoms with Crippen LogP contribution in [0.1, 0.15) is 54.4 Å². The number of carbonyl (C=O) groups excluding carboxylic acids is 1. The maximum absolute atomic E-state index is 14.0. The highest BCUT2D eigenvalue weighted by molar-refractivity contribution is 5.95. The number of hydrogen-bond donors (Lipinski definition) is 2. The molecule has 0 radical (unpaired) electrons. The summed E-state index contributed by atoms with van der Waals surface area (Å²) < 4.78 is 14.0. The maximum Gasteiger partial charge on any atom is 0.254 e. The van der Waals surface area contributed by atoms with E-state index in [1.807, 2.05) is 0 Å². The zero-order valence-corrected chi connectivity index (χ0v) is 11.3. The zero-order valence-electron chi connectivity index (χ0n) is 11.3. The molecule has 0 aliphatic heterocycles. The second-order valence-electron chi connectivity index (χ2n) is 5.36. The van der Waals surface area contributed by atoms with Crippen molar-refractivity contribution in [3.63, 3.8) is 0 Å². The highest BCUT2D eigenvalue weighted by Gasteiger charge is 2.19. The van der Waals surface area contributed by atoms with Crippen LogP contribution < -0.4 is 11.1 Å². The Balaban J connectivity index is 2.11. The number of benzene rings is 1. The third-order valence-corrected chi connectivity index (χ3v) is 3.71. The van der Waals surface area contributed by atoms with Crippen LogP contribution in [0, 0.1) is 12.7 Å². The lowest BCUT2D eigenvalue weighted by Gasteiger charge is -2.17. The van der Waals surface area contributed by atoms with Crippen LogP contribution >= 0.6 is 0 Å². The van der Waals surface area contributed by atoms with Crippen LogP contribution in [0.2, 0.25) is 0 Å². The van der Waals surface area contributed by atoms with Gasteiger partial charge in [-0.05, 0) is 37.5 Å². The molecular formula is C15H21FN2O. The first kappa shape index (κ1) is 13.8. The molecule has 1 aliphatic rings. The topological polar surface area (TPSA) is 55.1 Å². The van der Waals surface area contributed by atoms with Gasteiger partial charge in [0, 0.05) is 11.7 Å². The van der Waals surface area contributed by atoms with E-state index in [4.69, 9.17) is 5.73 Å². The summed E-state index contributed by atoms with van der Waals surface area (Å²) in [7, 11) is 0. The number of nitrogen functional groups attached to an aromatic ring is 1. The Bertz CT molecular complexity index is 465. The number of amides is 1. The summed E-state index contributed by atoms with van der Waals surface area (Å²) in [4.78, 5) is 12.1. The van der Waals surface area contributed by atoms with E-state index in [0.29, 0.717) is 11.3 Å². The zero-order chi connectivity index (χ0) is 13.8. The summed E-state index contributed by atoms with van der Waals surface area (Å²) in [6, 6.07) is 3.11. The predicted octanol–water partition coefficient (Wildman–Crippen LogP) is 3.17.